The van der Waals surface area contributed by atoms with Gasteiger partial charge in [-0.25, -0.2) is 8.78 Å². The molecule has 0 aromatic heterocycles. The Balaban J connectivity index is -0.000000355. The smallest absolute Gasteiger partial charge is 0.354 e. The number of alkyl halides is 24. The normalized spacial score (nSPS) is 11.0. The molecule has 0 amide bonds. The molecule has 0 aliphatic carbocycles. The van der Waals surface area contributed by atoms with Crippen molar-refractivity contribution in [2.24, 2.45) is 0 Å². The number of hydrogen-bond acceptors (Lipinski definition) is 2. The van der Waals surface area contributed by atoms with E-state index in [0.29, 0.717) is 0 Å². The summed E-state index contributed by atoms with van der Waals surface area (Å²) in [6.07, 6.45) is -28.3. The van der Waals surface area contributed by atoms with E-state index in [4.69, 9.17) is 25.7 Å². The first-order chi connectivity index (χ1) is 39.4. The predicted molar refractivity (Wildman–Crippen MR) is 275 cm³/mol. The van der Waals surface area contributed by atoms with Crippen LogP contribution in [0.15, 0.2) is 115 Å². The van der Waals surface area contributed by atoms with E-state index in [1.165, 1.54) is 29.2 Å². The minimum absolute atomic E-state index is 0. The van der Waals surface area contributed by atoms with E-state index in [2.05, 4.69) is 148 Å². The van der Waals surface area contributed by atoms with Crippen molar-refractivity contribution >= 4 is 49.1 Å². The first kappa shape index (κ1) is 76.9. The van der Waals surface area contributed by atoms with E-state index in [9.17, 15) is 114 Å². The predicted octanol–water partition coefficient (Wildman–Crippen LogP) is 16.8. The zero-order valence-corrected chi connectivity index (χ0v) is 45.2. The number of fused-ring (bicyclic) bond motifs is 2. The Hall–Kier alpha value is -9.08. The monoisotopic (exact) mass is 1340 g/mol. The summed E-state index contributed by atoms with van der Waals surface area (Å²) in [7, 11) is -0.470. The van der Waals surface area contributed by atoms with Crippen LogP contribution in [0.3, 0.4) is 0 Å². The molecule has 4 aromatic rings. The van der Waals surface area contributed by atoms with E-state index in [1.54, 1.807) is 36.0 Å². The number of benzene rings is 4. The van der Waals surface area contributed by atoms with Gasteiger partial charge < -0.3 is 5.32 Å². The van der Waals surface area contributed by atoms with E-state index in [0.717, 1.165) is 31.0 Å². The second-order valence-corrected chi connectivity index (χ2v) is 23.3. The summed E-state index contributed by atoms with van der Waals surface area (Å²) < 4.78 is 289. The molecule has 1 nitrogen and oxygen atoms in total. The quantitative estimate of drug-likeness (QED) is 0.0836. The van der Waals surface area contributed by atoms with Crippen LogP contribution in [-0.4, -0.2) is 64.4 Å². The summed E-state index contributed by atoms with van der Waals surface area (Å²) in [6.45, 7) is 0. The van der Waals surface area contributed by atoms with Gasteiger partial charge in [0.25, 0.3) is 0 Å². The standard InChI is InChI=1S/C24H16F2NS2.4C6H.4C2F6.Ga.4H2/c25-16-5-9-18(10-6-16)29(19-11-7-17(26)8-12-19)20-13-14-24-22(15-20)27-21-3-1-2-4-23(21)28-24;4*1-3-5-6-4-2;4*3-1(4,5)2(6,7)8;;;;;/h1-15,27H;4*1H;;;;;;4*1H/q+1;;;;;;;;;-1;;;;. The summed E-state index contributed by atoms with van der Waals surface area (Å²) in [5, 5.41) is 3.52. The van der Waals surface area contributed by atoms with Crippen molar-refractivity contribution in [2.75, 3.05) is 5.32 Å². The molecule has 0 atom stereocenters. The van der Waals surface area contributed by atoms with Crippen LogP contribution in [0.5, 0.6) is 0 Å². The fourth-order valence-electron chi connectivity index (χ4n) is 4.36. The van der Waals surface area contributed by atoms with Crippen molar-refractivity contribution in [1.82, 2.24) is 0 Å². The second kappa shape index (κ2) is 34.0. The Morgan fingerprint density at radius 2 is 0.605 bits per heavy atom. The molecule has 0 saturated heterocycles. The van der Waals surface area contributed by atoms with Crippen LogP contribution in [0, 0.1) is 150 Å². The van der Waals surface area contributed by atoms with E-state index in [-0.39, 0.29) is 17.3 Å². The maximum absolute atomic E-state index is 13.5. The minimum atomic E-state index is -6.06. The van der Waals surface area contributed by atoms with Crippen LogP contribution < -0.4 is 5.32 Å². The Morgan fingerprint density at radius 1 is 0.337 bits per heavy atom. The third kappa shape index (κ3) is 28.9. The fraction of sp³-hybridized carbons (Fsp3) is 0.143. The molecule has 0 radical (unpaired) electrons. The molecular formula is C56H28F26GaNS2. The Labute approximate surface area is 487 Å². The third-order valence-corrected chi connectivity index (χ3v) is 16.1. The average Bonchev–Trinajstić information content (AvgIpc) is 3.57. The van der Waals surface area contributed by atoms with Crippen molar-refractivity contribution in [3.8, 4) is 138 Å². The maximum atomic E-state index is 13.5. The fourth-order valence-corrected chi connectivity index (χ4v) is 10.7. The first-order valence-corrected chi connectivity index (χ1v) is 27.8. The van der Waals surface area contributed by atoms with Gasteiger partial charge >= 0.3 is 203 Å². The number of halogens is 26. The van der Waals surface area contributed by atoms with Gasteiger partial charge in [-0.15, -0.1) is 0 Å². The van der Waals surface area contributed by atoms with Gasteiger partial charge in [-0.05, 0) is 72.8 Å². The topological polar surface area (TPSA) is 12.0 Å². The number of terminal acetylenes is 4. The van der Waals surface area contributed by atoms with Gasteiger partial charge in [0.05, 0.1) is 22.3 Å². The Morgan fingerprint density at radius 3 is 0.884 bits per heavy atom. The van der Waals surface area contributed by atoms with Gasteiger partial charge in [0.1, 0.15) is 11.6 Å². The van der Waals surface area contributed by atoms with Crippen LogP contribution in [0.2, 0.25) is 0 Å². The molecule has 4 aromatic carbocycles. The molecule has 0 spiro atoms. The molecule has 454 valence electrons. The Bertz CT molecular complexity index is 3290. The van der Waals surface area contributed by atoms with Gasteiger partial charge in [-0.2, -0.15) is 105 Å². The minimum Gasteiger partial charge on any atom is -0.354 e. The molecule has 86 heavy (non-hydrogen) atoms. The second-order valence-electron chi connectivity index (χ2n) is 14.1. The zero-order chi connectivity index (χ0) is 66.4. The van der Waals surface area contributed by atoms with Crippen molar-refractivity contribution < 1.29 is 120 Å². The molecule has 1 N–H and O–H groups in total. The Kier molecular flexibility index (Phi) is 30.4. The van der Waals surface area contributed by atoms with Crippen LogP contribution >= 0.6 is 11.8 Å². The van der Waals surface area contributed by atoms with Crippen LogP contribution in [0.25, 0.3) is 0 Å². The summed E-state index contributed by atoms with van der Waals surface area (Å²) in [4.78, 5) is 5.43. The summed E-state index contributed by atoms with van der Waals surface area (Å²) in [5.41, 5.74) is 2.14. The largest absolute Gasteiger partial charge is 0.487 e. The summed E-state index contributed by atoms with van der Waals surface area (Å²) in [5.74, 6) is 38.0. The zero-order valence-electron chi connectivity index (χ0n) is 41.2. The number of rotatable bonds is 3. The SMILES string of the molecule is C#CC#CC#[C][Ga-]([C]#CC#CC#C)([C]#CC#CC#C)[C]#CC#CC#C.FC(F)(F)C(F)(F)F.FC(F)(F)C(F)(F)F.FC(F)(F)C(F)(F)F.FC(F)(F)C(F)(F)F.Fc1ccc([S+](c2ccc(F)cc2)c2ccc3c(c2)Nc2ccccc2S3)cc1.[HH].[HH].[HH].[HH]. The molecule has 0 saturated carbocycles. The van der Waals surface area contributed by atoms with Gasteiger partial charge in [-0.1, -0.05) is 23.9 Å². The van der Waals surface area contributed by atoms with Gasteiger partial charge in [0.15, 0.2) is 14.7 Å². The molecule has 0 unspecified atom stereocenters. The maximum Gasteiger partial charge on any atom is 0.487 e. The molecule has 1 aliphatic rings. The molecular weight excluding hydrogens is 1310 g/mol. The molecule has 0 fully saturated rings. The molecule has 0 bridgehead atoms. The van der Waals surface area contributed by atoms with Crippen LogP contribution in [0.1, 0.15) is 5.71 Å². The third-order valence-electron chi connectivity index (χ3n) is 7.89. The summed E-state index contributed by atoms with van der Waals surface area (Å²) in [6, 6.07) is 27.7. The van der Waals surface area contributed by atoms with Crippen molar-refractivity contribution in [3.05, 3.63) is 103 Å². The van der Waals surface area contributed by atoms with Gasteiger partial charge in [0, 0.05) is 21.6 Å². The van der Waals surface area contributed by atoms with E-state index < -0.39 is 75.3 Å². The van der Waals surface area contributed by atoms with E-state index in [1.807, 2.05) is 12.1 Å². The van der Waals surface area contributed by atoms with Crippen LogP contribution in [0.4, 0.5) is 126 Å². The van der Waals surface area contributed by atoms with Gasteiger partial charge in [0.2, 0.25) is 0 Å². The molecule has 1 aliphatic heterocycles. The average molecular weight is 1340 g/mol. The number of anilines is 2. The molecule has 5 rings (SSSR count). The number of hydrogen-bond donors (Lipinski definition) is 1. The first-order valence-electron chi connectivity index (χ1n) is 21.0. The van der Waals surface area contributed by atoms with E-state index >= 15 is 0 Å². The number of para-hydroxylation sites is 1. The van der Waals surface area contributed by atoms with Crippen molar-refractivity contribution in [3.63, 3.8) is 0 Å². The van der Waals surface area contributed by atoms with Crippen LogP contribution in [-0.2, 0) is 10.9 Å². The molecule has 1 heterocycles. The summed E-state index contributed by atoms with van der Waals surface area (Å²) >= 11 is -2.17. The molecule has 30 heteroatoms. The van der Waals surface area contributed by atoms with Gasteiger partial charge in [-0.3, -0.25) is 0 Å². The van der Waals surface area contributed by atoms with Crippen molar-refractivity contribution in [2.45, 2.75) is 73.9 Å². The van der Waals surface area contributed by atoms with Crippen molar-refractivity contribution in [1.29, 1.82) is 0 Å². The number of nitrogens with one attached hydrogen (secondary N) is 1.